The van der Waals surface area contributed by atoms with Gasteiger partial charge in [-0.2, -0.15) is 0 Å². The Bertz CT molecular complexity index is 827. The fourth-order valence-electron chi connectivity index (χ4n) is 2.71. The predicted molar refractivity (Wildman–Crippen MR) is 85.7 cm³/mol. The summed E-state index contributed by atoms with van der Waals surface area (Å²) < 4.78 is 24.2. The van der Waals surface area contributed by atoms with Gasteiger partial charge < -0.3 is 4.90 Å². The summed E-state index contributed by atoms with van der Waals surface area (Å²) in [4.78, 5) is 14.5. The van der Waals surface area contributed by atoms with E-state index in [1.807, 2.05) is 31.2 Å². The van der Waals surface area contributed by atoms with Gasteiger partial charge in [0.2, 0.25) is 5.91 Å². The van der Waals surface area contributed by atoms with Crippen molar-refractivity contribution in [3.8, 4) is 0 Å². The highest BCUT2D eigenvalue weighted by Gasteiger charge is 2.31. The summed E-state index contributed by atoms with van der Waals surface area (Å²) in [5, 5.41) is 0. The molecule has 2 aromatic rings. The first-order valence-electron chi connectivity index (χ1n) is 7.16. The number of amides is 1. The van der Waals surface area contributed by atoms with Gasteiger partial charge in [-0.1, -0.05) is 36.4 Å². The van der Waals surface area contributed by atoms with Gasteiger partial charge in [-0.05, 0) is 30.2 Å². The summed E-state index contributed by atoms with van der Waals surface area (Å²) in [6.45, 7) is 2.18. The van der Waals surface area contributed by atoms with Gasteiger partial charge in [0, 0.05) is 6.54 Å². The number of anilines is 1. The van der Waals surface area contributed by atoms with Crippen LogP contribution in [0, 0.1) is 6.92 Å². The Labute approximate surface area is 130 Å². The molecule has 1 heterocycles. The fraction of sp³-hybridized carbons (Fsp3) is 0.235. The number of benzene rings is 2. The van der Waals surface area contributed by atoms with E-state index in [0.717, 1.165) is 11.1 Å². The molecular formula is C17H17NO3S. The number of sulfone groups is 1. The standard InChI is InChI=1S/C17H17NO3S/c1-13-6-2-3-7-14(13)12-17(19)18-10-11-22(20,21)16-9-5-4-8-15(16)18/h2-9H,10-12H2,1H3. The summed E-state index contributed by atoms with van der Waals surface area (Å²) in [6.07, 6.45) is 0.279. The van der Waals surface area contributed by atoms with E-state index >= 15 is 0 Å². The Morgan fingerprint density at radius 3 is 2.55 bits per heavy atom. The second-order valence-electron chi connectivity index (χ2n) is 5.44. The molecule has 0 radical (unpaired) electrons. The van der Waals surface area contributed by atoms with E-state index in [2.05, 4.69) is 0 Å². The van der Waals surface area contributed by atoms with Crippen molar-refractivity contribution in [2.24, 2.45) is 0 Å². The average molecular weight is 315 g/mol. The maximum atomic E-state index is 12.6. The number of para-hydroxylation sites is 1. The normalized spacial score (nSPS) is 16.1. The number of nitrogens with zero attached hydrogens (tertiary/aromatic N) is 1. The average Bonchev–Trinajstić information content (AvgIpc) is 2.50. The zero-order chi connectivity index (χ0) is 15.7. The first kappa shape index (κ1) is 14.8. The van der Waals surface area contributed by atoms with Crippen LogP contribution in [0.3, 0.4) is 0 Å². The molecule has 0 bridgehead atoms. The van der Waals surface area contributed by atoms with Crippen molar-refractivity contribution in [3.63, 3.8) is 0 Å². The lowest BCUT2D eigenvalue weighted by Gasteiger charge is -2.29. The van der Waals surface area contributed by atoms with Crippen LogP contribution >= 0.6 is 0 Å². The predicted octanol–water partition coefficient (Wildman–Crippen LogP) is 2.36. The lowest BCUT2D eigenvalue weighted by atomic mass is 10.1. The van der Waals surface area contributed by atoms with E-state index in [9.17, 15) is 13.2 Å². The zero-order valence-corrected chi connectivity index (χ0v) is 13.1. The first-order chi connectivity index (χ1) is 10.5. The molecule has 0 saturated carbocycles. The van der Waals surface area contributed by atoms with E-state index < -0.39 is 9.84 Å². The lowest BCUT2D eigenvalue weighted by molar-refractivity contribution is -0.118. The molecule has 0 saturated heterocycles. The third kappa shape index (κ3) is 2.64. The highest BCUT2D eigenvalue weighted by molar-refractivity contribution is 7.91. The molecule has 4 nitrogen and oxygen atoms in total. The van der Waals surface area contributed by atoms with Crippen molar-refractivity contribution in [2.45, 2.75) is 18.2 Å². The van der Waals surface area contributed by atoms with Gasteiger partial charge >= 0.3 is 0 Å². The van der Waals surface area contributed by atoms with Crippen LogP contribution in [0.25, 0.3) is 0 Å². The van der Waals surface area contributed by atoms with E-state index in [0.29, 0.717) is 5.69 Å². The number of hydrogen-bond donors (Lipinski definition) is 0. The molecule has 0 fully saturated rings. The number of carbonyl (C=O) groups excluding carboxylic acids is 1. The molecule has 1 amide bonds. The topological polar surface area (TPSA) is 54.5 Å². The van der Waals surface area contributed by atoms with Crippen LogP contribution in [-0.2, 0) is 21.1 Å². The molecule has 1 aliphatic heterocycles. The molecule has 0 N–H and O–H groups in total. The molecule has 2 aromatic carbocycles. The largest absolute Gasteiger partial charge is 0.310 e. The van der Waals surface area contributed by atoms with Crippen LogP contribution in [0.1, 0.15) is 11.1 Å². The molecular weight excluding hydrogens is 298 g/mol. The van der Waals surface area contributed by atoms with Crippen molar-refractivity contribution < 1.29 is 13.2 Å². The second kappa shape index (κ2) is 5.57. The first-order valence-corrected chi connectivity index (χ1v) is 8.81. The molecule has 22 heavy (non-hydrogen) atoms. The van der Waals surface area contributed by atoms with Gasteiger partial charge in [0.1, 0.15) is 0 Å². The van der Waals surface area contributed by atoms with E-state index in [-0.39, 0.29) is 29.5 Å². The van der Waals surface area contributed by atoms with Crippen LogP contribution in [0.5, 0.6) is 0 Å². The lowest BCUT2D eigenvalue weighted by Crippen LogP contribution is -2.40. The minimum Gasteiger partial charge on any atom is -0.310 e. The molecule has 0 spiro atoms. The molecule has 1 aliphatic rings. The highest BCUT2D eigenvalue weighted by Crippen LogP contribution is 2.30. The van der Waals surface area contributed by atoms with Gasteiger partial charge in [0.25, 0.3) is 0 Å². The van der Waals surface area contributed by atoms with Crippen LogP contribution in [0.15, 0.2) is 53.4 Å². The number of fused-ring (bicyclic) bond motifs is 1. The summed E-state index contributed by atoms with van der Waals surface area (Å²) >= 11 is 0. The number of hydrogen-bond acceptors (Lipinski definition) is 3. The summed E-state index contributed by atoms with van der Waals surface area (Å²) in [6, 6.07) is 14.5. The summed E-state index contributed by atoms with van der Waals surface area (Å²) in [7, 11) is -3.28. The molecule has 0 unspecified atom stereocenters. The Kier molecular flexibility index (Phi) is 3.74. The van der Waals surface area contributed by atoms with Crippen molar-refractivity contribution in [3.05, 3.63) is 59.7 Å². The van der Waals surface area contributed by atoms with Crippen LogP contribution < -0.4 is 4.90 Å². The molecule has 0 aromatic heterocycles. The van der Waals surface area contributed by atoms with Gasteiger partial charge in [-0.25, -0.2) is 8.42 Å². The molecule has 3 rings (SSSR count). The summed E-state index contributed by atoms with van der Waals surface area (Å²) in [5.41, 5.74) is 2.53. The summed E-state index contributed by atoms with van der Waals surface area (Å²) in [5.74, 6) is -0.0968. The quantitative estimate of drug-likeness (QED) is 0.855. The van der Waals surface area contributed by atoms with Gasteiger partial charge in [-0.15, -0.1) is 0 Å². The molecule has 0 atom stereocenters. The Morgan fingerprint density at radius 1 is 1.09 bits per heavy atom. The van der Waals surface area contributed by atoms with E-state index in [1.165, 1.54) is 0 Å². The highest BCUT2D eigenvalue weighted by atomic mass is 32.2. The zero-order valence-electron chi connectivity index (χ0n) is 12.3. The molecule has 0 aliphatic carbocycles. The maximum absolute atomic E-state index is 12.6. The number of rotatable bonds is 2. The van der Waals surface area contributed by atoms with Crippen molar-refractivity contribution in [1.29, 1.82) is 0 Å². The van der Waals surface area contributed by atoms with Crippen LogP contribution in [0.4, 0.5) is 5.69 Å². The monoisotopic (exact) mass is 315 g/mol. The third-order valence-electron chi connectivity index (χ3n) is 3.98. The second-order valence-corrected chi connectivity index (χ2v) is 7.51. The Balaban J connectivity index is 1.93. The fourth-order valence-corrected chi connectivity index (χ4v) is 4.14. The minimum absolute atomic E-state index is 0.0243. The third-order valence-corrected chi connectivity index (χ3v) is 5.71. The smallest absolute Gasteiger partial charge is 0.231 e. The van der Waals surface area contributed by atoms with Gasteiger partial charge in [0.15, 0.2) is 9.84 Å². The molecule has 5 heteroatoms. The van der Waals surface area contributed by atoms with Crippen molar-refractivity contribution in [2.75, 3.05) is 17.2 Å². The number of carbonyl (C=O) groups is 1. The maximum Gasteiger partial charge on any atom is 0.231 e. The SMILES string of the molecule is Cc1ccccc1CC(=O)N1CCS(=O)(=O)c2ccccc21. The van der Waals surface area contributed by atoms with Crippen molar-refractivity contribution >= 4 is 21.4 Å². The Hall–Kier alpha value is -2.14. The van der Waals surface area contributed by atoms with Crippen molar-refractivity contribution in [1.82, 2.24) is 0 Å². The van der Waals surface area contributed by atoms with E-state index in [4.69, 9.17) is 0 Å². The molecule has 114 valence electrons. The van der Waals surface area contributed by atoms with Gasteiger partial charge in [-0.3, -0.25) is 4.79 Å². The minimum atomic E-state index is -3.28. The number of aryl methyl sites for hydroxylation is 1. The van der Waals surface area contributed by atoms with Gasteiger partial charge in [0.05, 0.1) is 22.8 Å². The van der Waals surface area contributed by atoms with Crippen LogP contribution in [-0.4, -0.2) is 26.6 Å². The Morgan fingerprint density at radius 2 is 1.77 bits per heavy atom. The van der Waals surface area contributed by atoms with E-state index in [1.54, 1.807) is 29.2 Å². The van der Waals surface area contributed by atoms with Crippen LogP contribution in [0.2, 0.25) is 0 Å².